The van der Waals surface area contributed by atoms with Gasteiger partial charge in [0.25, 0.3) is 16.1 Å². The molecular formula is C15H23N5O3S. The fourth-order valence-corrected chi connectivity index (χ4v) is 4.56. The first-order valence-electron chi connectivity index (χ1n) is 8.11. The van der Waals surface area contributed by atoms with Crippen molar-refractivity contribution in [1.29, 1.82) is 0 Å². The van der Waals surface area contributed by atoms with Crippen LogP contribution in [-0.4, -0.2) is 97.1 Å². The highest BCUT2D eigenvalue weighted by atomic mass is 32.2. The van der Waals surface area contributed by atoms with Crippen molar-refractivity contribution in [3.05, 3.63) is 30.1 Å². The van der Waals surface area contributed by atoms with Gasteiger partial charge in [0.05, 0.1) is 0 Å². The molecule has 2 saturated heterocycles. The number of hydrogen-bond donors (Lipinski definition) is 0. The van der Waals surface area contributed by atoms with Gasteiger partial charge in [0.2, 0.25) is 0 Å². The fraction of sp³-hybridized carbons (Fsp3) is 0.600. The van der Waals surface area contributed by atoms with Crippen LogP contribution in [0.3, 0.4) is 0 Å². The maximum atomic E-state index is 12.7. The van der Waals surface area contributed by atoms with Gasteiger partial charge in [0.15, 0.2) is 0 Å². The Kier molecular flexibility index (Phi) is 5.14. The van der Waals surface area contributed by atoms with Crippen molar-refractivity contribution in [2.45, 2.75) is 0 Å². The van der Waals surface area contributed by atoms with E-state index in [-0.39, 0.29) is 5.91 Å². The summed E-state index contributed by atoms with van der Waals surface area (Å²) in [7, 11) is -1.44. The van der Waals surface area contributed by atoms with Gasteiger partial charge in [0.1, 0.15) is 0 Å². The molecular weight excluding hydrogens is 330 g/mol. The second-order valence-electron chi connectivity index (χ2n) is 6.14. The summed E-state index contributed by atoms with van der Waals surface area (Å²) in [4.78, 5) is 20.1. The van der Waals surface area contributed by atoms with Crippen LogP contribution in [0.4, 0.5) is 0 Å². The van der Waals surface area contributed by atoms with Crippen LogP contribution in [0.25, 0.3) is 0 Å². The van der Waals surface area contributed by atoms with E-state index in [1.807, 2.05) is 7.05 Å². The highest BCUT2D eigenvalue weighted by Gasteiger charge is 2.34. The van der Waals surface area contributed by atoms with Crippen LogP contribution in [0.1, 0.15) is 10.4 Å². The topological polar surface area (TPSA) is 77.1 Å². The average Bonchev–Trinajstić information content (AvgIpc) is 2.62. The van der Waals surface area contributed by atoms with Crippen LogP contribution < -0.4 is 0 Å². The molecule has 2 aliphatic rings. The highest BCUT2D eigenvalue weighted by molar-refractivity contribution is 7.86. The van der Waals surface area contributed by atoms with E-state index >= 15 is 0 Å². The molecule has 8 nitrogen and oxygen atoms in total. The van der Waals surface area contributed by atoms with Gasteiger partial charge in [-0.15, -0.1) is 0 Å². The summed E-state index contributed by atoms with van der Waals surface area (Å²) < 4.78 is 28.5. The predicted molar refractivity (Wildman–Crippen MR) is 89.7 cm³/mol. The quantitative estimate of drug-likeness (QED) is 0.720. The first kappa shape index (κ1) is 17.3. The number of likely N-dealkylation sites (N-methyl/N-ethyl adjacent to an activating group) is 1. The van der Waals surface area contributed by atoms with E-state index in [2.05, 4.69) is 9.88 Å². The molecule has 1 amide bonds. The Labute approximate surface area is 142 Å². The molecule has 3 rings (SSSR count). The predicted octanol–water partition coefficient (Wildman–Crippen LogP) is -0.668. The summed E-state index contributed by atoms with van der Waals surface area (Å²) in [6.45, 7) is 4.04. The van der Waals surface area contributed by atoms with Gasteiger partial charge in [0, 0.05) is 70.3 Å². The minimum Gasteiger partial charge on any atom is -0.336 e. The molecule has 0 N–H and O–H groups in total. The molecule has 1 aromatic rings. The summed E-state index contributed by atoms with van der Waals surface area (Å²) in [5.74, 6) is -0.0750. The van der Waals surface area contributed by atoms with E-state index < -0.39 is 10.2 Å². The standard InChI is InChI=1S/C15H23N5O3S/c1-17-6-10-19(11-7-17)24(22,23)20-12-8-18(9-13-20)15(21)14-2-4-16-5-3-14/h2-5H,6-13H2,1H3. The van der Waals surface area contributed by atoms with Crippen LogP contribution in [-0.2, 0) is 10.2 Å². The summed E-state index contributed by atoms with van der Waals surface area (Å²) in [6, 6.07) is 3.35. The molecule has 1 aromatic heterocycles. The zero-order chi connectivity index (χ0) is 17.2. The van der Waals surface area contributed by atoms with E-state index in [0.717, 1.165) is 13.1 Å². The molecule has 0 aromatic carbocycles. The number of aromatic nitrogens is 1. The molecule has 0 aliphatic carbocycles. The molecule has 132 valence electrons. The van der Waals surface area contributed by atoms with Crippen LogP contribution >= 0.6 is 0 Å². The van der Waals surface area contributed by atoms with E-state index in [0.29, 0.717) is 44.8 Å². The van der Waals surface area contributed by atoms with Gasteiger partial charge < -0.3 is 9.80 Å². The second-order valence-corrected chi connectivity index (χ2v) is 8.07. The van der Waals surface area contributed by atoms with Crippen molar-refractivity contribution in [2.75, 3.05) is 59.4 Å². The van der Waals surface area contributed by atoms with Gasteiger partial charge in [-0.1, -0.05) is 0 Å². The first-order chi connectivity index (χ1) is 11.5. The summed E-state index contributed by atoms with van der Waals surface area (Å²) in [5, 5.41) is 0. The van der Waals surface area contributed by atoms with Crippen LogP contribution in [0.15, 0.2) is 24.5 Å². The van der Waals surface area contributed by atoms with Crippen molar-refractivity contribution in [3.8, 4) is 0 Å². The lowest BCUT2D eigenvalue weighted by molar-refractivity contribution is 0.0692. The number of piperazine rings is 2. The number of pyridine rings is 1. The highest BCUT2D eigenvalue weighted by Crippen LogP contribution is 2.15. The number of carbonyl (C=O) groups excluding carboxylic acids is 1. The molecule has 0 saturated carbocycles. The lowest BCUT2D eigenvalue weighted by atomic mass is 10.2. The monoisotopic (exact) mass is 353 g/mol. The third-order valence-corrected chi connectivity index (χ3v) is 6.60. The fourth-order valence-electron chi connectivity index (χ4n) is 2.98. The Morgan fingerprint density at radius 2 is 1.42 bits per heavy atom. The molecule has 9 heteroatoms. The number of hydrogen-bond acceptors (Lipinski definition) is 5. The average molecular weight is 353 g/mol. The van der Waals surface area contributed by atoms with Crippen LogP contribution in [0, 0.1) is 0 Å². The summed E-state index contributed by atoms with van der Waals surface area (Å²) >= 11 is 0. The van der Waals surface area contributed by atoms with Crippen molar-refractivity contribution < 1.29 is 13.2 Å². The van der Waals surface area contributed by atoms with Gasteiger partial charge in [-0.3, -0.25) is 9.78 Å². The third-order valence-electron chi connectivity index (χ3n) is 4.57. The second kappa shape index (κ2) is 7.14. The van der Waals surface area contributed by atoms with Crippen molar-refractivity contribution in [3.63, 3.8) is 0 Å². The van der Waals surface area contributed by atoms with Crippen LogP contribution in [0.5, 0.6) is 0 Å². The number of rotatable bonds is 3. The Morgan fingerprint density at radius 1 is 0.917 bits per heavy atom. The van der Waals surface area contributed by atoms with Crippen molar-refractivity contribution in [2.24, 2.45) is 0 Å². The lowest BCUT2D eigenvalue weighted by Crippen LogP contribution is -2.57. The van der Waals surface area contributed by atoms with E-state index in [1.165, 1.54) is 4.31 Å². The molecule has 0 bridgehead atoms. The number of nitrogens with zero attached hydrogens (tertiary/aromatic N) is 5. The van der Waals surface area contributed by atoms with Gasteiger partial charge in [-0.2, -0.15) is 17.0 Å². The van der Waals surface area contributed by atoms with Crippen molar-refractivity contribution >= 4 is 16.1 Å². The molecule has 0 unspecified atom stereocenters. The van der Waals surface area contributed by atoms with E-state index in [4.69, 9.17) is 0 Å². The number of amides is 1. The molecule has 2 fully saturated rings. The lowest BCUT2D eigenvalue weighted by Gasteiger charge is -2.39. The molecule has 0 atom stereocenters. The smallest absolute Gasteiger partial charge is 0.282 e. The SMILES string of the molecule is CN1CCN(S(=O)(=O)N2CCN(C(=O)c3ccncc3)CC2)CC1. The molecule has 0 radical (unpaired) electrons. The van der Waals surface area contributed by atoms with E-state index in [1.54, 1.807) is 33.7 Å². The third kappa shape index (κ3) is 3.59. The van der Waals surface area contributed by atoms with Gasteiger partial charge >= 0.3 is 0 Å². The summed E-state index contributed by atoms with van der Waals surface area (Å²) in [5.41, 5.74) is 0.584. The van der Waals surface area contributed by atoms with Gasteiger partial charge in [-0.05, 0) is 19.2 Å². The van der Waals surface area contributed by atoms with Gasteiger partial charge in [-0.25, -0.2) is 0 Å². The molecule has 24 heavy (non-hydrogen) atoms. The maximum Gasteiger partial charge on any atom is 0.282 e. The molecule has 3 heterocycles. The Hall–Kier alpha value is -1.55. The Balaban J connectivity index is 1.59. The largest absolute Gasteiger partial charge is 0.336 e. The molecule has 2 aliphatic heterocycles. The minimum atomic E-state index is -3.43. The normalized spacial score (nSPS) is 21.8. The Morgan fingerprint density at radius 3 is 1.96 bits per heavy atom. The van der Waals surface area contributed by atoms with Crippen molar-refractivity contribution in [1.82, 2.24) is 23.4 Å². The molecule has 0 spiro atoms. The zero-order valence-electron chi connectivity index (χ0n) is 13.8. The Bertz CT molecular complexity index is 666. The zero-order valence-corrected chi connectivity index (χ0v) is 14.7. The maximum absolute atomic E-state index is 12.7. The van der Waals surface area contributed by atoms with Crippen LogP contribution in [0.2, 0.25) is 0 Å². The minimum absolute atomic E-state index is 0.0750. The first-order valence-corrected chi connectivity index (χ1v) is 9.51. The summed E-state index contributed by atoms with van der Waals surface area (Å²) in [6.07, 6.45) is 3.17. The van der Waals surface area contributed by atoms with E-state index in [9.17, 15) is 13.2 Å². The number of carbonyl (C=O) groups is 1.